The third-order valence-electron chi connectivity index (χ3n) is 7.55. The molecule has 190 valence electrons. The van der Waals surface area contributed by atoms with Crippen LogP contribution in [0.1, 0.15) is 75.3 Å². The highest BCUT2D eigenvalue weighted by Gasteiger charge is 2.48. The van der Waals surface area contributed by atoms with Gasteiger partial charge >= 0.3 is 0 Å². The molecule has 1 aromatic heterocycles. The van der Waals surface area contributed by atoms with Crippen LogP contribution >= 0.6 is 0 Å². The molecule has 0 radical (unpaired) electrons. The Kier molecular flexibility index (Phi) is 7.89. The first-order chi connectivity index (χ1) is 16.8. The van der Waals surface area contributed by atoms with Gasteiger partial charge in [0.05, 0.1) is 12.6 Å². The van der Waals surface area contributed by atoms with Gasteiger partial charge in [-0.15, -0.1) is 10.2 Å². The van der Waals surface area contributed by atoms with Gasteiger partial charge in [0.25, 0.3) is 0 Å². The summed E-state index contributed by atoms with van der Waals surface area (Å²) < 4.78 is 6.02. The second kappa shape index (κ2) is 10.9. The van der Waals surface area contributed by atoms with E-state index >= 15 is 0 Å². The van der Waals surface area contributed by atoms with Crippen LogP contribution in [0.3, 0.4) is 0 Å². The fraction of sp³-hybridized carbons (Fsp3) is 0.630. The first kappa shape index (κ1) is 25.4. The maximum Gasteiger partial charge on any atom is 0.236 e. The van der Waals surface area contributed by atoms with Crippen LogP contribution in [0.15, 0.2) is 34.7 Å². The van der Waals surface area contributed by atoms with Crippen molar-refractivity contribution in [3.05, 3.63) is 47.7 Å². The van der Waals surface area contributed by atoms with E-state index in [0.29, 0.717) is 24.7 Å². The van der Waals surface area contributed by atoms with E-state index in [0.717, 1.165) is 51.7 Å². The predicted octanol–water partition coefficient (Wildman–Crippen LogP) is 3.66. The standard InChI is InChI=1S/C27H39N5O3/c1-20(2)25-28-29-26(35-25)22-17-27(19-32(22)18-24(34)30(3)4)13-15-31(16-14-27)23(33)12-8-11-21-9-6-5-7-10-21/h5-7,9-10,20,22H,8,11-19H2,1-4H3. The van der Waals surface area contributed by atoms with Crippen LogP contribution in [-0.4, -0.2) is 77.0 Å². The van der Waals surface area contributed by atoms with E-state index in [-0.39, 0.29) is 29.2 Å². The SMILES string of the molecule is CC(C)c1nnc(C2CC3(CCN(C(=O)CCCc4ccccc4)CC3)CN2CC(=O)N(C)C)o1. The molecule has 1 unspecified atom stereocenters. The number of likely N-dealkylation sites (tertiary alicyclic amines) is 2. The fourth-order valence-electron chi connectivity index (χ4n) is 5.32. The van der Waals surface area contributed by atoms with Crippen molar-refractivity contribution in [3.8, 4) is 0 Å². The summed E-state index contributed by atoms with van der Waals surface area (Å²) in [5.41, 5.74) is 1.34. The zero-order valence-corrected chi connectivity index (χ0v) is 21.6. The molecule has 3 heterocycles. The van der Waals surface area contributed by atoms with Crippen LogP contribution in [0.5, 0.6) is 0 Å². The molecule has 0 saturated carbocycles. The molecule has 4 rings (SSSR count). The monoisotopic (exact) mass is 481 g/mol. The summed E-state index contributed by atoms with van der Waals surface area (Å²) in [7, 11) is 3.57. The number of amides is 2. The molecule has 0 N–H and O–H groups in total. The number of piperidine rings is 1. The first-order valence-corrected chi connectivity index (χ1v) is 12.9. The second-order valence-corrected chi connectivity index (χ2v) is 10.8. The molecule has 35 heavy (non-hydrogen) atoms. The quantitative estimate of drug-likeness (QED) is 0.572. The van der Waals surface area contributed by atoms with Crippen LogP contribution in [0.4, 0.5) is 0 Å². The van der Waals surface area contributed by atoms with E-state index < -0.39 is 0 Å². The van der Waals surface area contributed by atoms with Crippen molar-refractivity contribution in [2.24, 2.45) is 5.41 Å². The van der Waals surface area contributed by atoms with Crippen LogP contribution < -0.4 is 0 Å². The van der Waals surface area contributed by atoms with E-state index in [2.05, 4.69) is 27.2 Å². The van der Waals surface area contributed by atoms with Crippen LogP contribution in [0.2, 0.25) is 0 Å². The van der Waals surface area contributed by atoms with Crippen molar-refractivity contribution in [3.63, 3.8) is 0 Å². The predicted molar refractivity (Wildman–Crippen MR) is 134 cm³/mol. The number of aromatic nitrogens is 2. The van der Waals surface area contributed by atoms with Gasteiger partial charge in [-0.3, -0.25) is 14.5 Å². The number of benzene rings is 1. The number of hydrogen-bond donors (Lipinski definition) is 0. The highest BCUT2D eigenvalue weighted by Crippen LogP contribution is 2.48. The maximum atomic E-state index is 12.9. The fourth-order valence-corrected chi connectivity index (χ4v) is 5.32. The molecule has 8 nitrogen and oxygen atoms in total. The van der Waals surface area contributed by atoms with E-state index in [9.17, 15) is 9.59 Å². The molecule has 8 heteroatoms. The molecule has 1 atom stereocenters. The third-order valence-corrected chi connectivity index (χ3v) is 7.55. The minimum absolute atomic E-state index is 0.0601. The second-order valence-electron chi connectivity index (χ2n) is 10.8. The number of carbonyl (C=O) groups is 2. The van der Waals surface area contributed by atoms with Gasteiger partial charge in [0.15, 0.2) is 0 Å². The smallest absolute Gasteiger partial charge is 0.236 e. The molecular formula is C27H39N5O3. The number of nitrogens with zero attached hydrogens (tertiary/aromatic N) is 5. The van der Waals surface area contributed by atoms with E-state index in [1.807, 2.05) is 36.9 Å². The molecule has 2 amide bonds. The summed E-state index contributed by atoms with van der Waals surface area (Å²) in [6.45, 7) is 6.76. The summed E-state index contributed by atoms with van der Waals surface area (Å²) >= 11 is 0. The molecule has 2 fully saturated rings. The van der Waals surface area contributed by atoms with Gasteiger partial charge in [-0.2, -0.15) is 0 Å². The van der Waals surface area contributed by atoms with Gasteiger partial charge in [0.1, 0.15) is 0 Å². The first-order valence-electron chi connectivity index (χ1n) is 12.9. The van der Waals surface area contributed by atoms with Crippen molar-refractivity contribution >= 4 is 11.8 Å². The number of hydrogen-bond acceptors (Lipinski definition) is 6. The molecule has 1 spiro atoms. The van der Waals surface area contributed by atoms with Crippen molar-refractivity contribution in [2.75, 3.05) is 40.3 Å². The van der Waals surface area contributed by atoms with Crippen molar-refractivity contribution in [1.29, 1.82) is 0 Å². The molecule has 2 aromatic rings. The molecular weight excluding hydrogens is 442 g/mol. The Morgan fingerprint density at radius 3 is 2.49 bits per heavy atom. The lowest BCUT2D eigenvalue weighted by Crippen LogP contribution is -2.45. The molecule has 2 aliphatic rings. The summed E-state index contributed by atoms with van der Waals surface area (Å²) in [5, 5.41) is 8.59. The van der Waals surface area contributed by atoms with E-state index in [4.69, 9.17) is 4.42 Å². The maximum absolute atomic E-state index is 12.9. The van der Waals surface area contributed by atoms with Gasteiger partial charge in [-0.1, -0.05) is 44.2 Å². The summed E-state index contributed by atoms with van der Waals surface area (Å²) in [6.07, 6.45) is 5.15. The molecule has 1 aromatic carbocycles. The van der Waals surface area contributed by atoms with Crippen molar-refractivity contribution < 1.29 is 14.0 Å². The van der Waals surface area contributed by atoms with E-state index in [1.54, 1.807) is 19.0 Å². The van der Waals surface area contributed by atoms with Crippen LogP contribution in [-0.2, 0) is 16.0 Å². The van der Waals surface area contributed by atoms with Crippen molar-refractivity contribution in [1.82, 2.24) is 24.9 Å². The van der Waals surface area contributed by atoms with Gasteiger partial charge in [-0.05, 0) is 43.1 Å². The summed E-state index contributed by atoms with van der Waals surface area (Å²) in [6, 6.07) is 10.3. The van der Waals surface area contributed by atoms with Gasteiger partial charge in [0.2, 0.25) is 23.6 Å². The zero-order valence-electron chi connectivity index (χ0n) is 21.6. The Morgan fingerprint density at radius 2 is 1.86 bits per heavy atom. The van der Waals surface area contributed by atoms with Crippen LogP contribution in [0, 0.1) is 5.41 Å². The number of carbonyl (C=O) groups excluding carboxylic acids is 2. The number of rotatable bonds is 8. The van der Waals surface area contributed by atoms with Gasteiger partial charge < -0.3 is 14.2 Å². The number of aryl methyl sites for hydroxylation is 1. The Morgan fingerprint density at radius 1 is 1.14 bits per heavy atom. The van der Waals surface area contributed by atoms with Crippen molar-refractivity contribution in [2.45, 2.75) is 64.3 Å². The minimum atomic E-state index is -0.0629. The average molecular weight is 482 g/mol. The average Bonchev–Trinajstić information content (AvgIpc) is 3.46. The minimum Gasteiger partial charge on any atom is -0.423 e. The highest BCUT2D eigenvalue weighted by atomic mass is 16.4. The third kappa shape index (κ3) is 6.10. The molecule has 0 bridgehead atoms. The highest BCUT2D eigenvalue weighted by molar-refractivity contribution is 5.78. The Hall–Kier alpha value is -2.74. The molecule has 2 aliphatic heterocycles. The Balaban J connectivity index is 1.36. The van der Waals surface area contributed by atoms with E-state index in [1.165, 1.54) is 5.56 Å². The largest absolute Gasteiger partial charge is 0.423 e. The zero-order chi connectivity index (χ0) is 25.0. The lowest BCUT2D eigenvalue weighted by Gasteiger charge is -2.39. The summed E-state index contributed by atoms with van der Waals surface area (Å²) in [5.74, 6) is 1.73. The lowest BCUT2D eigenvalue weighted by atomic mass is 9.76. The van der Waals surface area contributed by atoms with Gasteiger partial charge in [-0.25, -0.2) is 0 Å². The molecule has 0 aliphatic carbocycles. The van der Waals surface area contributed by atoms with Crippen LogP contribution in [0.25, 0.3) is 0 Å². The number of likely N-dealkylation sites (N-methyl/N-ethyl adjacent to an activating group) is 1. The normalized spacial score (nSPS) is 20.0. The molecule has 2 saturated heterocycles. The van der Waals surface area contributed by atoms with Gasteiger partial charge in [0, 0.05) is 46.1 Å². The Labute approximate surface area is 208 Å². The Bertz CT molecular complexity index is 995. The summed E-state index contributed by atoms with van der Waals surface area (Å²) in [4.78, 5) is 31.3. The lowest BCUT2D eigenvalue weighted by molar-refractivity contribution is -0.133. The topological polar surface area (TPSA) is 82.8 Å².